The lowest BCUT2D eigenvalue weighted by Gasteiger charge is -2.21. The van der Waals surface area contributed by atoms with E-state index in [4.69, 9.17) is 14.8 Å². The number of ether oxygens (including phenoxy) is 1. The number of rotatable bonds is 7. The number of carbonyl (C=O) groups excluding carboxylic acids is 1. The van der Waals surface area contributed by atoms with Crippen LogP contribution in [-0.2, 0) is 9.53 Å². The van der Waals surface area contributed by atoms with Crippen LogP contribution in [0.5, 0.6) is 0 Å². The van der Waals surface area contributed by atoms with E-state index in [1.54, 1.807) is 0 Å². The Morgan fingerprint density at radius 3 is 2.71 bits per heavy atom. The van der Waals surface area contributed by atoms with Gasteiger partial charge >= 0.3 is 0 Å². The third-order valence-electron chi connectivity index (χ3n) is 5.47. The van der Waals surface area contributed by atoms with Gasteiger partial charge in [0, 0.05) is 19.1 Å². The topological polar surface area (TPSA) is 69.0 Å². The first-order valence-electron chi connectivity index (χ1n) is 10.3. The minimum Gasteiger partial charge on any atom is -0.376 e. The largest absolute Gasteiger partial charge is 0.376 e. The van der Waals surface area contributed by atoms with Crippen LogP contribution in [0.1, 0.15) is 56.7 Å². The van der Waals surface area contributed by atoms with E-state index in [0.29, 0.717) is 23.4 Å². The Morgan fingerprint density at radius 1 is 1.14 bits per heavy atom. The van der Waals surface area contributed by atoms with Crippen molar-refractivity contribution < 1.29 is 9.53 Å². The van der Waals surface area contributed by atoms with Crippen LogP contribution in [0.3, 0.4) is 0 Å². The third kappa shape index (κ3) is 4.94. The Hall–Kier alpha value is -1.86. The number of hydrogen-bond donors (Lipinski definition) is 1. The van der Waals surface area contributed by atoms with Gasteiger partial charge in [-0.25, -0.2) is 9.67 Å². The fourth-order valence-electron chi connectivity index (χ4n) is 3.96. The van der Waals surface area contributed by atoms with Crippen LogP contribution in [0.4, 0.5) is 0 Å². The highest BCUT2D eigenvalue weighted by molar-refractivity contribution is 7.99. The Bertz CT molecular complexity index is 768. The molecule has 28 heavy (non-hydrogen) atoms. The van der Waals surface area contributed by atoms with Gasteiger partial charge in [-0.3, -0.25) is 4.79 Å². The molecule has 2 aliphatic rings. The zero-order chi connectivity index (χ0) is 19.2. The summed E-state index contributed by atoms with van der Waals surface area (Å²) in [6, 6.07) is 10.2. The molecule has 150 valence electrons. The molecule has 0 radical (unpaired) electrons. The van der Waals surface area contributed by atoms with Gasteiger partial charge < -0.3 is 10.1 Å². The van der Waals surface area contributed by atoms with E-state index in [0.717, 1.165) is 43.8 Å². The van der Waals surface area contributed by atoms with Gasteiger partial charge in [-0.2, -0.15) is 0 Å². The zero-order valence-electron chi connectivity index (χ0n) is 16.2. The summed E-state index contributed by atoms with van der Waals surface area (Å²) >= 11 is 1.41. The second kappa shape index (κ2) is 9.56. The average Bonchev–Trinajstić information content (AvgIpc) is 3.42. The van der Waals surface area contributed by atoms with Crippen molar-refractivity contribution >= 4 is 17.7 Å². The van der Waals surface area contributed by atoms with E-state index in [9.17, 15) is 4.79 Å². The molecule has 1 atom stereocenters. The van der Waals surface area contributed by atoms with E-state index in [2.05, 4.69) is 17.4 Å². The summed E-state index contributed by atoms with van der Waals surface area (Å²) in [4.78, 5) is 17.0. The highest BCUT2D eigenvalue weighted by Gasteiger charge is 2.24. The molecule has 1 saturated heterocycles. The molecule has 1 aromatic heterocycles. The van der Waals surface area contributed by atoms with E-state index >= 15 is 0 Å². The predicted molar refractivity (Wildman–Crippen MR) is 110 cm³/mol. The molecule has 6 nitrogen and oxygen atoms in total. The minimum atomic E-state index is 0.00998. The fraction of sp³-hybridized carbons (Fsp3) is 0.571. The van der Waals surface area contributed by atoms with Gasteiger partial charge in [0.05, 0.1) is 17.5 Å². The van der Waals surface area contributed by atoms with Crippen molar-refractivity contribution in [3.63, 3.8) is 0 Å². The molecule has 0 spiro atoms. The van der Waals surface area contributed by atoms with Crippen LogP contribution in [0, 0.1) is 0 Å². The number of nitrogens with one attached hydrogen (secondary N) is 1. The summed E-state index contributed by atoms with van der Waals surface area (Å²) in [7, 11) is 0. The van der Waals surface area contributed by atoms with Crippen molar-refractivity contribution in [3.05, 3.63) is 36.2 Å². The third-order valence-corrected chi connectivity index (χ3v) is 6.30. The number of nitrogens with zero attached hydrogens (tertiary/aromatic N) is 3. The second-order valence-electron chi connectivity index (χ2n) is 7.56. The van der Waals surface area contributed by atoms with Gasteiger partial charge in [-0.1, -0.05) is 49.2 Å². The average molecular weight is 401 g/mol. The summed E-state index contributed by atoms with van der Waals surface area (Å²) in [6.07, 6.45) is 8.42. The number of carbonyl (C=O) groups is 1. The molecule has 4 rings (SSSR count). The maximum atomic E-state index is 12.2. The molecular weight excluding hydrogens is 372 g/mol. The van der Waals surface area contributed by atoms with Crippen LogP contribution in [-0.4, -0.2) is 45.7 Å². The van der Waals surface area contributed by atoms with Gasteiger partial charge in [0.2, 0.25) is 11.1 Å². The highest BCUT2D eigenvalue weighted by Crippen LogP contribution is 2.33. The van der Waals surface area contributed by atoms with Crippen molar-refractivity contribution in [2.75, 3.05) is 18.9 Å². The Labute approximate surface area is 170 Å². The first-order chi connectivity index (χ1) is 13.8. The highest BCUT2D eigenvalue weighted by atomic mass is 32.2. The summed E-state index contributed by atoms with van der Waals surface area (Å²) in [5.41, 5.74) is 1.03. The van der Waals surface area contributed by atoms with Gasteiger partial charge in [-0.05, 0) is 37.8 Å². The molecule has 1 amide bonds. The van der Waals surface area contributed by atoms with Gasteiger partial charge in [0.25, 0.3) is 0 Å². The number of hydrogen-bond acceptors (Lipinski definition) is 5. The van der Waals surface area contributed by atoms with Crippen molar-refractivity contribution in [1.29, 1.82) is 0 Å². The summed E-state index contributed by atoms with van der Waals surface area (Å²) in [6.45, 7) is 1.40. The standard InChI is InChI=1S/C21H28N4O2S/c26-19(22-14-18-12-7-13-27-18)15-28-21-23-20(16-8-3-1-4-9-16)25(24-21)17-10-5-2-6-11-17/h2,5-6,10-11,16,18H,1,3-4,7-9,12-15H2,(H,22,26)/t18-/m1/s1. The van der Waals surface area contributed by atoms with Crippen LogP contribution in [0.2, 0.25) is 0 Å². The first kappa shape index (κ1) is 19.5. The molecule has 1 aromatic carbocycles. The predicted octanol–water partition coefficient (Wildman–Crippen LogP) is 3.70. The summed E-state index contributed by atoms with van der Waals surface area (Å²) in [5.74, 6) is 1.82. The number of thioether (sulfide) groups is 1. The fourth-order valence-corrected chi connectivity index (χ4v) is 4.62. The zero-order valence-corrected chi connectivity index (χ0v) is 17.0. The molecule has 2 aromatic rings. The number of amides is 1. The molecule has 1 aliphatic carbocycles. The maximum absolute atomic E-state index is 12.2. The molecule has 1 aliphatic heterocycles. The van der Waals surface area contributed by atoms with Gasteiger partial charge in [0.15, 0.2) is 0 Å². The Balaban J connectivity index is 1.42. The van der Waals surface area contributed by atoms with E-state index in [-0.39, 0.29) is 12.0 Å². The van der Waals surface area contributed by atoms with Crippen LogP contribution in [0.25, 0.3) is 5.69 Å². The lowest BCUT2D eigenvalue weighted by Crippen LogP contribution is -2.32. The molecule has 0 unspecified atom stereocenters. The van der Waals surface area contributed by atoms with Crippen LogP contribution >= 0.6 is 11.8 Å². The van der Waals surface area contributed by atoms with Crippen molar-refractivity contribution in [1.82, 2.24) is 20.1 Å². The van der Waals surface area contributed by atoms with Gasteiger partial charge in [0.1, 0.15) is 5.82 Å². The van der Waals surface area contributed by atoms with Crippen molar-refractivity contribution in [2.24, 2.45) is 0 Å². The van der Waals surface area contributed by atoms with E-state index in [1.165, 1.54) is 31.0 Å². The lowest BCUT2D eigenvalue weighted by molar-refractivity contribution is -0.119. The van der Waals surface area contributed by atoms with E-state index in [1.807, 2.05) is 22.9 Å². The van der Waals surface area contributed by atoms with Crippen LogP contribution < -0.4 is 5.32 Å². The SMILES string of the molecule is O=C(CSc1nc(C2CCCCC2)n(-c2ccccc2)n1)NC[C@H]1CCCO1. The Kier molecular flexibility index (Phi) is 6.65. The molecular formula is C21H28N4O2S. The monoisotopic (exact) mass is 400 g/mol. The minimum absolute atomic E-state index is 0.00998. The van der Waals surface area contributed by atoms with E-state index < -0.39 is 0 Å². The number of aromatic nitrogens is 3. The lowest BCUT2D eigenvalue weighted by atomic mass is 9.88. The molecule has 7 heteroatoms. The van der Waals surface area contributed by atoms with Gasteiger partial charge in [-0.15, -0.1) is 5.10 Å². The van der Waals surface area contributed by atoms with Crippen molar-refractivity contribution in [3.8, 4) is 5.69 Å². The second-order valence-corrected chi connectivity index (χ2v) is 8.51. The van der Waals surface area contributed by atoms with Crippen LogP contribution in [0.15, 0.2) is 35.5 Å². The summed E-state index contributed by atoms with van der Waals surface area (Å²) < 4.78 is 7.53. The smallest absolute Gasteiger partial charge is 0.230 e. The summed E-state index contributed by atoms with van der Waals surface area (Å²) in [5, 5.41) is 8.37. The molecule has 1 N–H and O–H groups in total. The molecule has 0 bridgehead atoms. The van der Waals surface area contributed by atoms with Crippen molar-refractivity contribution in [2.45, 2.75) is 62.1 Å². The molecule has 2 fully saturated rings. The quantitative estimate of drug-likeness (QED) is 0.718. The normalized spacial score (nSPS) is 20.4. The number of benzene rings is 1. The first-order valence-corrected chi connectivity index (χ1v) is 11.3. The Morgan fingerprint density at radius 2 is 1.96 bits per heavy atom. The number of para-hydroxylation sites is 1. The molecule has 1 saturated carbocycles. The molecule has 2 heterocycles. The maximum Gasteiger partial charge on any atom is 0.230 e.